The lowest BCUT2D eigenvalue weighted by Crippen LogP contribution is -2.38. The normalized spacial score (nSPS) is 11.4. The zero-order chi connectivity index (χ0) is 14.3. The van der Waals surface area contributed by atoms with E-state index in [9.17, 15) is 4.79 Å². The maximum absolute atomic E-state index is 12.0. The average molecular weight is 263 g/mol. The number of hydrogen-bond acceptors (Lipinski definition) is 3. The minimum Gasteiger partial charge on any atom is -0.409 e. The first-order chi connectivity index (χ1) is 9.06. The molecule has 0 atom stereocenters. The molecule has 0 saturated heterocycles. The Hall–Kier alpha value is -2.04. The predicted molar refractivity (Wildman–Crippen MR) is 75.2 cm³/mol. The maximum atomic E-state index is 12.0. The maximum Gasteiger partial charge on any atom is 0.223 e. The molecule has 0 aliphatic rings. The Bertz CT molecular complexity index is 441. The van der Waals surface area contributed by atoms with Gasteiger partial charge in [0.05, 0.1) is 6.54 Å². The van der Waals surface area contributed by atoms with Gasteiger partial charge >= 0.3 is 0 Å². The van der Waals surface area contributed by atoms with E-state index in [1.54, 1.807) is 4.90 Å². The molecule has 0 heterocycles. The number of carbonyl (C=O) groups excluding carboxylic acids is 1. The smallest absolute Gasteiger partial charge is 0.223 e. The summed E-state index contributed by atoms with van der Waals surface area (Å²) < 4.78 is 0. The van der Waals surface area contributed by atoms with E-state index < -0.39 is 0 Å². The number of nitrogens with two attached hydrogens (primary N) is 1. The van der Waals surface area contributed by atoms with Crippen molar-refractivity contribution in [2.75, 3.05) is 13.1 Å². The van der Waals surface area contributed by atoms with E-state index in [0.717, 1.165) is 5.56 Å². The third-order valence-electron chi connectivity index (χ3n) is 2.96. The highest BCUT2D eigenvalue weighted by Gasteiger charge is 2.13. The van der Waals surface area contributed by atoms with E-state index in [4.69, 9.17) is 10.9 Å². The molecule has 104 valence electrons. The molecule has 1 rings (SSSR count). The third-order valence-corrected chi connectivity index (χ3v) is 2.96. The Labute approximate surface area is 113 Å². The van der Waals surface area contributed by atoms with Crippen molar-refractivity contribution in [2.24, 2.45) is 10.9 Å². The van der Waals surface area contributed by atoms with Crippen molar-refractivity contribution < 1.29 is 10.0 Å². The molecule has 0 radical (unpaired) electrons. The van der Waals surface area contributed by atoms with Crippen molar-refractivity contribution in [3.8, 4) is 0 Å². The van der Waals surface area contributed by atoms with Crippen LogP contribution in [0.1, 0.15) is 24.5 Å². The summed E-state index contributed by atoms with van der Waals surface area (Å²) in [6.45, 7) is 4.61. The lowest BCUT2D eigenvalue weighted by atomic mass is 10.1. The second-order valence-electron chi connectivity index (χ2n) is 4.48. The van der Waals surface area contributed by atoms with Gasteiger partial charge in [0.1, 0.15) is 0 Å². The van der Waals surface area contributed by atoms with Gasteiger partial charge in [-0.1, -0.05) is 35.0 Å². The van der Waals surface area contributed by atoms with Gasteiger partial charge in [-0.3, -0.25) is 4.79 Å². The van der Waals surface area contributed by atoms with Crippen LogP contribution in [0.15, 0.2) is 29.4 Å². The standard InChI is InChI=1S/C14H21N3O2/c1-3-17(10-13(15)16-19)14(18)9-8-12-6-4-11(2)5-7-12/h4-7,19H,3,8-10H2,1-2H3,(H2,15,16). The molecular formula is C14H21N3O2. The molecule has 0 aliphatic carbocycles. The van der Waals surface area contributed by atoms with Crippen LogP contribution in [-0.4, -0.2) is 34.9 Å². The molecule has 19 heavy (non-hydrogen) atoms. The average Bonchev–Trinajstić information content (AvgIpc) is 2.43. The van der Waals surface area contributed by atoms with Crippen molar-refractivity contribution >= 4 is 11.7 Å². The van der Waals surface area contributed by atoms with Crippen LogP contribution in [0.25, 0.3) is 0 Å². The third kappa shape index (κ3) is 4.99. The van der Waals surface area contributed by atoms with Gasteiger partial charge in [0, 0.05) is 13.0 Å². The van der Waals surface area contributed by atoms with E-state index in [0.29, 0.717) is 19.4 Å². The SMILES string of the molecule is CCN(C/C(N)=N/O)C(=O)CCc1ccc(C)cc1. The summed E-state index contributed by atoms with van der Waals surface area (Å²) in [5.41, 5.74) is 7.76. The van der Waals surface area contributed by atoms with Gasteiger partial charge in [0.2, 0.25) is 5.91 Å². The molecule has 1 aromatic carbocycles. The number of amides is 1. The van der Waals surface area contributed by atoms with Crippen molar-refractivity contribution in [2.45, 2.75) is 26.7 Å². The fourth-order valence-electron chi connectivity index (χ4n) is 1.77. The predicted octanol–water partition coefficient (Wildman–Crippen LogP) is 1.52. The van der Waals surface area contributed by atoms with Crippen LogP contribution < -0.4 is 5.73 Å². The summed E-state index contributed by atoms with van der Waals surface area (Å²) in [4.78, 5) is 13.6. The number of rotatable bonds is 6. The minimum atomic E-state index is 0.00896. The number of amidine groups is 1. The second-order valence-corrected chi connectivity index (χ2v) is 4.48. The van der Waals surface area contributed by atoms with Gasteiger partial charge in [-0.15, -0.1) is 0 Å². The van der Waals surface area contributed by atoms with Crippen LogP contribution in [0.5, 0.6) is 0 Å². The molecule has 0 aliphatic heterocycles. The lowest BCUT2D eigenvalue weighted by Gasteiger charge is -2.19. The van der Waals surface area contributed by atoms with Gasteiger partial charge in [-0.05, 0) is 25.8 Å². The number of nitrogens with zero attached hydrogens (tertiary/aromatic N) is 2. The summed E-state index contributed by atoms with van der Waals surface area (Å²) >= 11 is 0. The minimum absolute atomic E-state index is 0.00896. The van der Waals surface area contributed by atoms with E-state index in [1.165, 1.54) is 5.56 Å². The van der Waals surface area contributed by atoms with Crippen molar-refractivity contribution in [3.05, 3.63) is 35.4 Å². The van der Waals surface area contributed by atoms with E-state index in [-0.39, 0.29) is 18.3 Å². The molecule has 3 N–H and O–H groups in total. The molecule has 0 bridgehead atoms. The fraction of sp³-hybridized carbons (Fsp3) is 0.429. The van der Waals surface area contributed by atoms with Gasteiger partial charge in [0.15, 0.2) is 5.84 Å². The van der Waals surface area contributed by atoms with Crippen LogP contribution in [0, 0.1) is 6.92 Å². The molecule has 0 fully saturated rings. The monoisotopic (exact) mass is 263 g/mol. The first-order valence-corrected chi connectivity index (χ1v) is 6.36. The molecule has 0 saturated carbocycles. The quantitative estimate of drug-likeness (QED) is 0.353. The van der Waals surface area contributed by atoms with Crippen molar-refractivity contribution in [1.29, 1.82) is 0 Å². The lowest BCUT2D eigenvalue weighted by molar-refractivity contribution is -0.130. The Balaban J connectivity index is 2.51. The molecule has 5 nitrogen and oxygen atoms in total. The van der Waals surface area contributed by atoms with Crippen molar-refractivity contribution in [3.63, 3.8) is 0 Å². The zero-order valence-corrected chi connectivity index (χ0v) is 11.5. The molecule has 0 aromatic heterocycles. The molecule has 1 aromatic rings. The summed E-state index contributed by atoms with van der Waals surface area (Å²) in [5, 5.41) is 11.4. The Morgan fingerprint density at radius 1 is 1.37 bits per heavy atom. The molecule has 1 amide bonds. The summed E-state index contributed by atoms with van der Waals surface area (Å²) in [7, 11) is 0. The van der Waals surface area contributed by atoms with Gasteiger partial charge in [-0.25, -0.2) is 0 Å². The fourth-order valence-corrected chi connectivity index (χ4v) is 1.77. The summed E-state index contributed by atoms with van der Waals surface area (Å²) in [5.74, 6) is 0.0558. The Morgan fingerprint density at radius 3 is 2.53 bits per heavy atom. The van der Waals surface area contributed by atoms with Crippen molar-refractivity contribution in [1.82, 2.24) is 4.90 Å². The highest BCUT2D eigenvalue weighted by molar-refractivity contribution is 5.86. The number of hydrogen-bond donors (Lipinski definition) is 2. The first kappa shape index (κ1) is 15.0. The Morgan fingerprint density at radius 2 is 2.00 bits per heavy atom. The van der Waals surface area contributed by atoms with E-state index in [2.05, 4.69) is 5.16 Å². The number of benzene rings is 1. The van der Waals surface area contributed by atoms with E-state index >= 15 is 0 Å². The molecule has 0 spiro atoms. The van der Waals surface area contributed by atoms with E-state index in [1.807, 2.05) is 38.1 Å². The van der Waals surface area contributed by atoms with Gasteiger partial charge in [0.25, 0.3) is 0 Å². The number of carbonyl (C=O) groups is 1. The van der Waals surface area contributed by atoms with Crippen LogP contribution >= 0.6 is 0 Å². The van der Waals surface area contributed by atoms with Crippen LogP contribution in [0.4, 0.5) is 0 Å². The largest absolute Gasteiger partial charge is 0.409 e. The molecular weight excluding hydrogens is 242 g/mol. The van der Waals surface area contributed by atoms with Gasteiger partial charge < -0.3 is 15.8 Å². The van der Waals surface area contributed by atoms with Crippen LogP contribution in [-0.2, 0) is 11.2 Å². The Kier molecular flexibility index (Phi) is 5.85. The topological polar surface area (TPSA) is 78.9 Å². The number of oxime groups is 1. The molecule has 5 heteroatoms. The second kappa shape index (κ2) is 7.41. The first-order valence-electron chi connectivity index (χ1n) is 6.36. The van der Waals surface area contributed by atoms with Gasteiger partial charge in [-0.2, -0.15) is 0 Å². The zero-order valence-electron chi connectivity index (χ0n) is 11.5. The summed E-state index contributed by atoms with van der Waals surface area (Å²) in [6, 6.07) is 8.13. The summed E-state index contributed by atoms with van der Waals surface area (Å²) in [6.07, 6.45) is 1.13. The molecule has 0 unspecified atom stereocenters. The highest BCUT2D eigenvalue weighted by atomic mass is 16.4. The number of aryl methyl sites for hydroxylation is 2. The highest BCUT2D eigenvalue weighted by Crippen LogP contribution is 2.07. The van der Waals surface area contributed by atoms with Crippen LogP contribution in [0.3, 0.4) is 0 Å². The number of likely N-dealkylation sites (N-methyl/N-ethyl adjacent to an activating group) is 1. The van der Waals surface area contributed by atoms with Crippen LogP contribution in [0.2, 0.25) is 0 Å².